The van der Waals surface area contributed by atoms with E-state index in [1.165, 1.54) is 12.1 Å². The fourth-order valence-electron chi connectivity index (χ4n) is 1.50. The molecule has 0 aromatic heterocycles. The van der Waals surface area contributed by atoms with Gasteiger partial charge in [-0.3, -0.25) is 0 Å². The standard InChI is InChI=1S/C11H13FN2/c12-10-3-1-2-9(6-10)7-11-8-13-4-5-14-11/h1-3,6-7,13-14H,4-5,8H2. The van der Waals surface area contributed by atoms with Crippen LogP contribution in [0, 0.1) is 5.82 Å². The van der Waals surface area contributed by atoms with Crippen LogP contribution < -0.4 is 10.6 Å². The summed E-state index contributed by atoms with van der Waals surface area (Å²) in [6.07, 6.45) is 1.97. The van der Waals surface area contributed by atoms with Gasteiger partial charge in [0.1, 0.15) is 5.82 Å². The average molecular weight is 192 g/mol. The molecule has 2 nitrogen and oxygen atoms in total. The van der Waals surface area contributed by atoms with Crippen molar-refractivity contribution in [3.05, 3.63) is 41.3 Å². The van der Waals surface area contributed by atoms with E-state index in [9.17, 15) is 4.39 Å². The molecule has 74 valence electrons. The van der Waals surface area contributed by atoms with Crippen molar-refractivity contribution in [1.82, 2.24) is 10.6 Å². The Kier molecular flexibility index (Phi) is 2.79. The number of halogens is 1. The number of nitrogens with one attached hydrogen (secondary N) is 2. The predicted molar refractivity (Wildman–Crippen MR) is 55.2 cm³/mol. The maximum Gasteiger partial charge on any atom is 0.123 e. The van der Waals surface area contributed by atoms with E-state index in [0.717, 1.165) is 30.9 Å². The van der Waals surface area contributed by atoms with E-state index in [0.29, 0.717) is 0 Å². The summed E-state index contributed by atoms with van der Waals surface area (Å²) >= 11 is 0. The minimum absolute atomic E-state index is 0.192. The Morgan fingerprint density at radius 2 is 2.21 bits per heavy atom. The van der Waals surface area contributed by atoms with Crippen molar-refractivity contribution in [3.63, 3.8) is 0 Å². The van der Waals surface area contributed by atoms with Crippen LogP contribution in [0.4, 0.5) is 4.39 Å². The molecule has 0 bridgehead atoms. The molecule has 0 spiro atoms. The van der Waals surface area contributed by atoms with Crippen LogP contribution in [0.3, 0.4) is 0 Å². The van der Waals surface area contributed by atoms with E-state index >= 15 is 0 Å². The fourth-order valence-corrected chi connectivity index (χ4v) is 1.50. The third-order valence-electron chi connectivity index (χ3n) is 2.16. The van der Waals surface area contributed by atoms with E-state index in [4.69, 9.17) is 0 Å². The Labute approximate surface area is 82.8 Å². The Morgan fingerprint density at radius 1 is 1.29 bits per heavy atom. The first-order chi connectivity index (χ1) is 6.84. The molecule has 1 heterocycles. The second-order valence-corrected chi connectivity index (χ2v) is 3.33. The third kappa shape index (κ3) is 2.33. The fraction of sp³-hybridized carbons (Fsp3) is 0.273. The summed E-state index contributed by atoms with van der Waals surface area (Å²) in [5, 5.41) is 6.51. The van der Waals surface area contributed by atoms with Gasteiger partial charge in [0.15, 0.2) is 0 Å². The molecule has 0 amide bonds. The van der Waals surface area contributed by atoms with Gasteiger partial charge < -0.3 is 10.6 Å². The maximum absolute atomic E-state index is 12.9. The molecule has 14 heavy (non-hydrogen) atoms. The quantitative estimate of drug-likeness (QED) is 0.702. The first kappa shape index (κ1) is 9.21. The van der Waals surface area contributed by atoms with Gasteiger partial charge in [-0.15, -0.1) is 0 Å². The predicted octanol–water partition coefficient (Wildman–Crippen LogP) is 1.36. The highest BCUT2D eigenvalue weighted by Crippen LogP contribution is 2.07. The van der Waals surface area contributed by atoms with Gasteiger partial charge in [0.05, 0.1) is 0 Å². The topological polar surface area (TPSA) is 24.1 Å². The molecular formula is C11H13FN2. The second kappa shape index (κ2) is 4.24. The van der Waals surface area contributed by atoms with Gasteiger partial charge >= 0.3 is 0 Å². The Bertz CT molecular complexity index is 339. The minimum atomic E-state index is -0.192. The van der Waals surface area contributed by atoms with Gasteiger partial charge in [0.2, 0.25) is 0 Å². The molecule has 3 heteroatoms. The van der Waals surface area contributed by atoms with Crippen LogP contribution in [-0.2, 0) is 0 Å². The molecule has 2 N–H and O–H groups in total. The number of benzene rings is 1. The first-order valence-electron chi connectivity index (χ1n) is 4.75. The highest BCUT2D eigenvalue weighted by molar-refractivity contribution is 5.52. The molecule has 1 aromatic rings. The lowest BCUT2D eigenvalue weighted by Crippen LogP contribution is -2.37. The Morgan fingerprint density at radius 3 is 2.93 bits per heavy atom. The molecular weight excluding hydrogens is 179 g/mol. The molecule has 0 saturated carbocycles. The van der Waals surface area contributed by atoms with Crippen LogP contribution in [0.15, 0.2) is 30.0 Å². The second-order valence-electron chi connectivity index (χ2n) is 3.33. The molecule has 1 aromatic carbocycles. The van der Waals surface area contributed by atoms with E-state index in [1.54, 1.807) is 6.07 Å². The number of rotatable bonds is 1. The van der Waals surface area contributed by atoms with Crippen LogP contribution in [0.2, 0.25) is 0 Å². The highest BCUT2D eigenvalue weighted by atomic mass is 19.1. The summed E-state index contributed by atoms with van der Waals surface area (Å²) in [7, 11) is 0. The van der Waals surface area contributed by atoms with Gasteiger partial charge in [-0.25, -0.2) is 4.39 Å². The maximum atomic E-state index is 12.9. The number of hydrogen-bond acceptors (Lipinski definition) is 2. The summed E-state index contributed by atoms with van der Waals surface area (Å²) in [5.74, 6) is -0.192. The third-order valence-corrected chi connectivity index (χ3v) is 2.16. The zero-order chi connectivity index (χ0) is 9.80. The lowest BCUT2D eigenvalue weighted by Gasteiger charge is -2.17. The summed E-state index contributed by atoms with van der Waals surface area (Å²) in [6, 6.07) is 6.60. The van der Waals surface area contributed by atoms with Gasteiger partial charge in [-0.1, -0.05) is 12.1 Å². The molecule has 0 aliphatic carbocycles. The van der Waals surface area contributed by atoms with E-state index in [1.807, 2.05) is 12.1 Å². The Balaban J connectivity index is 2.15. The van der Waals surface area contributed by atoms with Crippen LogP contribution >= 0.6 is 0 Å². The Hall–Kier alpha value is -1.35. The largest absolute Gasteiger partial charge is 0.386 e. The molecule has 1 saturated heterocycles. The normalized spacial score (nSPS) is 19.4. The van der Waals surface area contributed by atoms with Crippen molar-refractivity contribution in [3.8, 4) is 0 Å². The number of piperazine rings is 1. The first-order valence-corrected chi connectivity index (χ1v) is 4.75. The van der Waals surface area contributed by atoms with Gasteiger partial charge in [-0.05, 0) is 23.8 Å². The lowest BCUT2D eigenvalue weighted by atomic mass is 10.1. The van der Waals surface area contributed by atoms with Gasteiger partial charge in [0, 0.05) is 25.3 Å². The average Bonchev–Trinajstić information content (AvgIpc) is 2.19. The van der Waals surface area contributed by atoms with Crippen LogP contribution in [0.5, 0.6) is 0 Å². The van der Waals surface area contributed by atoms with Gasteiger partial charge in [0.25, 0.3) is 0 Å². The van der Waals surface area contributed by atoms with Crippen LogP contribution in [0.1, 0.15) is 5.56 Å². The van der Waals surface area contributed by atoms with E-state index in [-0.39, 0.29) is 5.82 Å². The summed E-state index contributed by atoms with van der Waals surface area (Å²) in [6.45, 7) is 2.75. The zero-order valence-electron chi connectivity index (χ0n) is 7.89. The molecule has 2 rings (SSSR count). The van der Waals surface area contributed by atoms with Crippen molar-refractivity contribution in [2.75, 3.05) is 19.6 Å². The number of hydrogen-bond donors (Lipinski definition) is 2. The molecule has 1 fully saturated rings. The van der Waals surface area contributed by atoms with Crippen LogP contribution in [0.25, 0.3) is 6.08 Å². The SMILES string of the molecule is Fc1cccc(C=C2CNCCN2)c1. The van der Waals surface area contributed by atoms with Crippen molar-refractivity contribution >= 4 is 6.08 Å². The monoisotopic (exact) mass is 192 g/mol. The van der Waals surface area contributed by atoms with Crippen LogP contribution in [-0.4, -0.2) is 19.6 Å². The molecule has 0 unspecified atom stereocenters. The van der Waals surface area contributed by atoms with Crippen molar-refractivity contribution < 1.29 is 4.39 Å². The lowest BCUT2D eigenvalue weighted by molar-refractivity contribution is 0.602. The summed E-state index contributed by atoms with van der Waals surface area (Å²) in [5.41, 5.74) is 2.01. The zero-order valence-corrected chi connectivity index (χ0v) is 7.89. The van der Waals surface area contributed by atoms with Crippen molar-refractivity contribution in [2.24, 2.45) is 0 Å². The van der Waals surface area contributed by atoms with Crippen molar-refractivity contribution in [1.29, 1.82) is 0 Å². The van der Waals surface area contributed by atoms with E-state index in [2.05, 4.69) is 10.6 Å². The molecule has 0 atom stereocenters. The van der Waals surface area contributed by atoms with Crippen molar-refractivity contribution in [2.45, 2.75) is 0 Å². The van der Waals surface area contributed by atoms with Gasteiger partial charge in [-0.2, -0.15) is 0 Å². The summed E-state index contributed by atoms with van der Waals surface area (Å²) in [4.78, 5) is 0. The molecule has 1 aliphatic rings. The highest BCUT2D eigenvalue weighted by Gasteiger charge is 2.02. The summed E-state index contributed by atoms with van der Waals surface area (Å²) < 4.78 is 12.9. The smallest absolute Gasteiger partial charge is 0.123 e. The minimum Gasteiger partial charge on any atom is -0.386 e. The van der Waals surface area contributed by atoms with E-state index < -0.39 is 0 Å². The molecule has 0 radical (unpaired) electrons. The molecule has 1 aliphatic heterocycles.